The Bertz CT molecular complexity index is 618. The van der Waals surface area contributed by atoms with Gasteiger partial charge in [0.1, 0.15) is 0 Å². The topological polar surface area (TPSA) is 75.5 Å². The third-order valence-electron chi connectivity index (χ3n) is 4.88. The summed E-state index contributed by atoms with van der Waals surface area (Å²) in [6.45, 7) is 8.73. The number of nitro groups is 1. The lowest BCUT2D eigenvalue weighted by Gasteiger charge is -2.30. The number of piperidine rings is 1. The molecule has 0 spiro atoms. The highest BCUT2D eigenvalue weighted by molar-refractivity contribution is 5.85. The van der Waals surface area contributed by atoms with Crippen LogP contribution in [0, 0.1) is 22.0 Å². The molecular weight excluding hydrogens is 354 g/mol. The van der Waals surface area contributed by atoms with E-state index in [-0.39, 0.29) is 24.0 Å². The largest absolute Gasteiger partial charge is 0.335 e. The van der Waals surface area contributed by atoms with E-state index in [1.165, 1.54) is 12.1 Å². The highest BCUT2D eigenvalue weighted by atomic mass is 35.5. The Morgan fingerprint density at radius 2 is 2.15 bits per heavy atom. The third-order valence-corrected chi connectivity index (χ3v) is 4.88. The van der Waals surface area contributed by atoms with Crippen molar-refractivity contribution in [2.45, 2.75) is 32.7 Å². The summed E-state index contributed by atoms with van der Waals surface area (Å²) in [5.41, 5.74) is 0.811. The predicted molar refractivity (Wildman–Crippen MR) is 105 cm³/mol. The van der Waals surface area contributed by atoms with Gasteiger partial charge in [-0.05, 0) is 43.3 Å². The van der Waals surface area contributed by atoms with Crippen molar-refractivity contribution in [2.24, 2.45) is 11.8 Å². The monoisotopic (exact) mass is 381 g/mol. The molecule has 1 aliphatic heterocycles. The molecule has 1 atom stereocenters. The molecule has 0 saturated carbocycles. The van der Waals surface area contributed by atoms with Crippen LogP contribution in [-0.2, 0) is 11.3 Å². The number of nitrogens with zero attached hydrogens (tertiary/aromatic N) is 2. The number of hydrogen-bond donors (Lipinski definition) is 1. The average Bonchev–Trinajstić information content (AvgIpc) is 2.62. The number of carbonyl (C=O) groups is 1. The van der Waals surface area contributed by atoms with Gasteiger partial charge in [0, 0.05) is 31.6 Å². The van der Waals surface area contributed by atoms with Gasteiger partial charge in [0.25, 0.3) is 5.69 Å². The van der Waals surface area contributed by atoms with Crippen molar-refractivity contribution in [3.8, 4) is 0 Å². The van der Waals surface area contributed by atoms with E-state index in [0.29, 0.717) is 31.3 Å². The van der Waals surface area contributed by atoms with Gasteiger partial charge in [-0.2, -0.15) is 0 Å². The summed E-state index contributed by atoms with van der Waals surface area (Å²) >= 11 is 0. The van der Waals surface area contributed by atoms with E-state index < -0.39 is 4.92 Å². The van der Waals surface area contributed by atoms with Crippen molar-refractivity contribution in [3.63, 3.8) is 0 Å². The Labute approximate surface area is 161 Å². The van der Waals surface area contributed by atoms with Crippen molar-refractivity contribution in [1.82, 2.24) is 10.2 Å². The summed E-state index contributed by atoms with van der Waals surface area (Å²) in [5, 5.41) is 14.3. The second kappa shape index (κ2) is 10.9. The molecular formula is C19H28ClN3O3. The summed E-state index contributed by atoms with van der Waals surface area (Å²) < 4.78 is 0. The molecule has 1 fully saturated rings. The summed E-state index contributed by atoms with van der Waals surface area (Å²) in [6, 6.07) is 6.45. The zero-order valence-corrected chi connectivity index (χ0v) is 16.0. The molecule has 0 bridgehead atoms. The van der Waals surface area contributed by atoms with Crippen LogP contribution < -0.4 is 5.32 Å². The fraction of sp³-hybridized carbons (Fsp3) is 0.526. The predicted octanol–water partition coefficient (Wildman–Crippen LogP) is 3.56. The first-order valence-electron chi connectivity index (χ1n) is 8.84. The first-order valence-corrected chi connectivity index (χ1v) is 8.84. The standard InChI is InChI=1S/C19H27N3O3.ClH/c1-3-11-21(14-16-5-4-6-18(13-16)22(24)25)19(23)12-15(2)17-7-9-20-10-8-17;/h3-6,13,15,17,20H,1,7-12,14H2,2H3;1H. The molecule has 144 valence electrons. The maximum absolute atomic E-state index is 12.7. The van der Waals surface area contributed by atoms with E-state index in [9.17, 15) is 14.9 Å². The van der Waals surface area contributed by atoms with E-state index in [0.717, 1.165) is 31.5 Å². The molecule has 0 aliphatic carbocycles. The van der Waals surface area contributed by atoms with Crippen LogP contribution in [0.4, 0.5) is 5.69 Å². The van der Waals surface area contributed by atoms with Crippen molar-refractivity contribution in [1.29, 1.82) is 0 Å². The Hall–Kier alpha value is -1.92. The van der Waals surface area contributed by atoms with Crippen LogP contribution in [0.3, 0.4) is 0 Å². The number of nitrogens with one attached hydrogen (secondary N) is 1. The molecule has 0 radical (unpaired) electrons. The van der Waals surface area contributed by atoms with Crippen molar-refractivity contribution >= 4 is 24.0 Å². The van der Waals surface area contributed by atoms with Gasteiger partial charge in [0.2, 0.25) is 5.91 Å². The van der Waals surface area contributed by atoms with Crippen LogP contribution in [0.2, 0.25) is 0 Å². The molecule has 0 aromatic heterocycles. The quantitative estimate of drug-likeness (QED) is 0.424. The zero-order valence-electron chi connectivity index (χ0n) is 15.2. The number of carbonyl (C=O) groups excluding carboxylic acids is 1. The van der Waals surface area contributed by atoms with Crippen LogP contribution in [0.1, 0.15) is 31.7 Å². The highest BCUT2D eigenvalue weighted by Gasteiger charge is 2.24. The minimum Gasteiger partial charge on any atom is -0.335 e. The molecule has 6 nitrogen and oxygen atoms in total. The van der Waals surface area contributed by atoms with Crippen LogP contribution >= 0.6 is 12.4 Å². The molecule has 1 unspecified atom stereocenters. The number of nitro benzene ring substituents is 1. The van der Waals surface area contributed by atoms with E-state index >= 15 is 0 Å². The summed E-state index contributed by atoms with van der Waals surface area (Å²) in [7, 11) is 0. The maximum Gasteiger partial charge on any atom is 0.269 e. The fourth-order valence-electron chi connectivity index (χ4n) is 3.38. The summed E-state index contributed by atoms with van der Waals surface area (Å²) in [6.07, 6.45) is 4.43. The van der Waals surface area contributed by atoms with Gasteiger partial charge in [-0.3, -0.25) is 14.9 Å². The molecule has 1 aromatic carbocycles. The molecule has 1 aromatic rings. The van der Waals surface area contributed by atoms with Crippen molar-refractivity contribution in [3.05, 3.63) is 52.6 Å². The van der Waals surface area contributed by atoms with Crippen molar-refractivity contribution in [2.75, 3.05) is 19.6 Å². The normalized spacial score (nSPS) is 15.6. The molecule has 7 heteroatoms. The van der Waals surface area contributed by atoms with Crippen molar-refractivity contribution < 1.29 is 9.72 Å². The third kappa shape index (κ3) is 6.42. The minimum absolute atomic E-state index is 0. The Kier molecular flexibility index (Phi) is 9.30. The maximum atomic E-state index is 12.7. The highest BCUT2D eigenvalue weighted by Crippen LogP contribution is 2.25. The minimum atomic E-state index is -0.414. The smallest absolute Gasteiger partial charge is 0.269 e. The molecule has 2 rings (SSSR count). The van der Waals surface area contributed by atoms with Crippen LogP contribution in [0.25, 0.3) is 0 Å². The van der Waals surface area contributed by atoms with Gasteiger partial charge in [-0.1, -0.05) is 25.1 Å². The van der Waals surface area contributed by atoms with Gasteiger partial charge in [-0.25, -0.2) is 0 Å². The SMILES string of the molecule is C=CCN(Cc1cccc([N+](=O)[O-])c1)C(=O)CC(C)C1CCNCC1.Cl. The zero-order chi connectivity index (χ0) is 18.2. The Balaban J connectivity index is 0.00000338. The second-order valence-electron chi connectivity index (χ2n) is 6.76. The number of halogens is 1. The van der Waals surface area contributed by atoms with E-state index in [4.69, 9.17) is 0 Å². The molecule has 1 amide bonds. The molecule has 1 N–H and O–H groups in total. The molecule has 1 saturated heterocycles. The fourth-order valence-corrected chi connectivity index (χ4v) is 3.38. The summed E-state index contributed by atoms with van der Waals surface area (Å²) in [5.74, 6) is 0.998. The number of hydrogen-bond acceptors (Lipinski definition) is 4. The first-order chi connectivity index (χ1) is 12.0. The van der Waals surface area contributed by atoms with Crippen LogP contribution in [0.15, 0.2) is 36.9 Å². The Morgan fingerprint density at radius 3 is 2.77 bits per heavy atom. The molecule has 26 heavy (non-hydrogen) atoms. The number of amides is 1. The second-order valence-corrected chi connectivity index (χ2v) is 6.76. The number of rotatable bonds is 8. The lowest BCUT2D eigenvalue weighted by atomic mass is 9.84. The van der Waals surface area contributed by atoms with Gasteiger partial charge < -0.3 is 10.2 Å². The summed E-state index contributed by atoms with van der Waals surface area (Å²) in [4.78, 5) is 25.0. The van der Waals surface area contributed by atoms with Crippen LogP contribution in [0.5, 0.6) is 0 Å². The van der Waals surface area contributed by atoms with E-state index in [1.807, 2.05) is 6.07 Å². The molecule has 1 heterocycles. The van der Waals surface area contributed by atoms with Gasteiger partial charge in [0.15, 0.2) is 0 Å². The average molecular weight is 382 g/mol. The van der Waals surface area contributed by atoms with Gasteiger partial charge >= 0.3 is 0 Å². The number of non-ortho nitro benzene ring substituents is 1. The first kappa shape index (κ1) is 22.1. The Morgan fingerprint density at radius 1 is 1.46 bits per heavy atom. The van der Waals surface area contributed by atoms with Gasteiger partial charge in [0.05, 0.1) is 4.92 Å². The van der Waals surface area contributed by atoms with Gasteiger partial charge in [-0.15, -0.1) is 19.0 Å². The van der Waals surface area contributed by atoms with E-state index in [1.54, 1.807) is 17.0 Å². The lowest BCUT2D eigenvalue weighted by molar-refractivity contribution is -0.384. The van der Waals surface area contributed by atoms with E-state index in [2.05, 4.69) is 18.8 Å². The molecule has 1 aliphatic rings. The lowest BCUT2D eigenvalue weighted by Crippen LogP contribution is -2.35. The van der Waals surface area contributed by atoms with Crippen LogP contribution in [-0.4, -0.2) is 35.4 Å². The number of benzene rings is 1.